The molecule has 146 valence electrons. The molecule has 28 heavy (non-hydrogen) atoms. The molecule has 0 radical (unpaired) electrons. The van der Waals surface area contributed by atoms with E-state index in [1.807, 2.05) is 11.0 Å². The van der Waals surface area contributed by atoms with Crippen molar-refractivity contribution in [1.82, 2.24) is 9.55 Å². The first-order valence-electron chi connectivity index (χ1n) is 10.6. The van der Waals surface area contributed by atoms with Gasteiger partial charge in [0.1, 0.15) is 5.82 Å². The number of fused-ring (bicyclic) bond motifs is 1. The average molecular weight is 376 g/mol. The van der Waals surface area contributed by atoms with E-state index in [1.165, 1.54) is 23.9 Å². The Balaban J connectivity index is 1.62. The van der Waals surface area contributed by atoms with Gasteiger partial charge in [0.25, 0.3) is 0 Å². The average Bonchev–Trinajstić information content (AvgIpc) is 3.29. The summed E-state index contributed by atoms with van der Waals surface area (Å²) in [5.41, 5.74) is 4.52. The Hall–Kier alpha value is -2.62. The van der Waals surface area contributed by atoms with Gasteiger partial charge in [-0.1, -0.05) is 51.0 Å². The SMILES string of the molecule is CCCCCn1c(C2CC(=O)N(c3ccc(CC)cc3)C2)nc2ccccc21. The Labute approximate surface area is 167 Å². The molecule has 0 aliphatic carbocycles. The zero-order valence-corrected chi connectivity index (χ0v) is 16.9. The molecule has 0 saturated carbocycles. The predicted octanol–water partition coefficient (Wildman–Crippen LogP) is 5.31. The summed E-state index contributed by atoms with van der Waals surface area (Å²) in [4.78, 5) is 19.7. The maximum absolute atomic E-state index is 12.8. The number of unbranched alkanes of at least 4 members (excludes halogenated alkanes) is 2. The molecule has 1 saturated heterocycles. The molecular formula is C24H29N3O. The fourth-order valence-electron chi connectivity index (χ4n) is 4.20. The van der Waals surface area contributed by atoms with Crippen molar-refractivity contribution in [3.8, 4) is 0 Å². The van der Waals surface area contributed by atoms with Crippen molar-refractivity contribution < 1.29 is 4.79 Å². The number of amides is 1. The van der Waals surface area contributed by atoms with Crippen molar-refractivity contribution in [1.29, 1.82) is 0 Å². The van der Waals surface area contributed by atoms with Crippen LogP contribution in [0.15, 0.2) is 48.5 Å². The highest BCUT2D eigenvalue weighted by molar-refractivity contribution is 5.96. The number of para-hydroxylation sites is 2. The number of imidazole rings is 1. The van der Waals surface area contributed by atoms with Crippen LogP contribution in [0.1, 0.15) is 56.8 Å². The quantitative estimate of drug-likeness (QED) is 0.525. The van der Waals surface area contributed by atoms with Crippen LogP contribution in [0.5, 0.6) is 0 Å². The van der Waals surface area contributed by atoms with Gasteiger partial charge in [-0.2, -0.15) is 0 Å². The minimum absolute atomic E-state index is 0.146. The Kier molecular flexibility index (Phi) is 5.47. The number of hydrogen-bond donors (Lipinski definition) is 0. The number of carbonyl (C=O) groups is 1. The van der Waals surface area contributed by atoms with Gasteiger partial charge < -0.3 is 9.47 Å². The summed E-state index contributed by atoms with van der Waals surface area (Å²) in [6, 6.07) is 16.7. The number of nitrogens with zero attached hydrogens (tertiary/aromatic N) is 3. The second-order valence-electron chi connectivity index (χ2n) is 7.74. The Bertz CT molecular complexity index is 958. The van der Waals surface area contributed by atoms with E-state index in [4.69, 9.17) is 4.98 Å². The van der Waals surface area contributed by atoms with E-state index in [-0.39, 0.29) is 11.8 Å². The molecule has 1 unspecified atom stereocenters. The molecule has 1 fully saturated rings. The normalized spacial score (nSPS) is 17.0. The van der Waals surface area contributed by atoms with Gasteiger partial charge in [0.2, 0.25) is 5.91 Å². The third-order valence-corrected chi connectivity index (χ3v) is 5.82. The molecule has 1 aromatic heterocycles. The number of rotatable bonds is 7. The van der Waals surface area contributed by atoms with Crippen LogP contribution in [-0.2, 0) is 17.8 Å². The van der Waals surface area contributed by atoms with Crippen molar-refractivity contribution in [2.45, 2.75) is 58.4 Å². The molecule has 3 aromatic rings. The van der Waals surface area contributed by atoms with E-state index >= 15 is 0 Å². The van der Waals surface area contributed by atoms with Crippen LogP contribution in [0.25, 0.3) is 11.0 Å². The van der Waals surface area contributed by atoms with E-state index in [2.05, 4.69) is 60.9 Å². The standard InChI is InChI=1S/C24H29N3O/c1-3-5-8-15-26-22-10-7-6-9-21(22)25-24(26)19-16-23(28)27(17-19)20-13-11-18(4-2)12-14-20/h6-7,9-14,19H,3-5,8,15-17H2,1-2H3. The summed E-state index contributed by atoms with van der Waals surface area (Å²) in [6.45, 7) is 6.06. The minimum atomic E-state index is 0.146. The van der Waals surface area contributed by atoms with Crippen molar-refractivity contribution in [3.05, 3.63) is 59.9 Å². The summed E-state index contributed by atoms with van der Waals surface area (Å²) in [5, 5.41) is 0. The molecule has 4 rings (SSSR count). The Morgan fingerprint density at radius 2 is 1.82 bits per heavy atom. The molecule has 0 bridgehead atoms. The van der Waals surface area contributed by atoms with Crippen LogP contribution in [0.4, 0.5) is 5.69 Å². The predicted molar refractivity (Wildman–Crippen MR) is 115 cm³/mol. The molecule has 0 spiro atoms. The van der Waals surface area contributed by atoms with Gasteiger partial charge in [0.05, 0.1) is 11.0 Å². The molecule has 4 nitrogen and oxygen atoms in total. The van der Waals surface area contributed by atoms with Gasteiger partial charge in [0, 0.05) is 31.1 Å². The smallest absolute Gasteiger partial charge is 0.227 e. The van der Waals surface area contributed by atoms with Gasteiger partial charge in [0.15, 0.2) is 0 Å². The summed E-state index contributed by atoms with van der Waals surface area (Å²) >= 11 is 0. The molecule has 1 aliphatic rings. The molecule has 4 heteroatoms. The molecule has 0 N–H and O–H groups in total. The van der Waals surface area contributed by atoms with Gasteiger partial charge in [-0.25, -0.2) is 4.98 Å². The Morgan fingerprint density at radius 1 is 1.04 bits per heavy atom. The topological polar surface area (TPSA) is 38.1 Å². The van der Waals surface area contributed by atoms with Gasteiger partial charge >= 0.3 is 0 Å². The maximum atomic E-state index is 12.8. The third kappa shape index (κ3) is 3.56. The van der Waals surface area contributed by atoms with E-state index < -0.39 is 0 Å². The Morgan fingerprint density at radius 3 is 2.57 bits per heavy atom. The van der Waals surface area contributed by atoms with Crippen LogP contribution in [0.2, 0.25) is 0 Å². The number of aromatic nitrogens is 2. The van der Waals surface area contributed by atoms with Crippen molar-refractivity contribution in [3.63, 3.8) is 0 Å². The van der Waals surface area contributed by atoms with E-state index in [0.717, 1.165) is 36.4 Å². The number of aryl methyl sites for hydroxylation is 2. The van der Waals surface area contributed by atoms with Crippen molar-refractivity contribution >= 4 is 22.6 Å². The van der Waals surface area contributed by atoms with Gasteiger partial charge in [-0.15, -0.1) is 0 Å². The van der Waals surface area contributed by atoms with E-state index in [9.17, 15) is 4.79 Å². The fraction of sp³-hybridized carbons (Fsp3) is 0.417. The van der Waals surface area contributed by atoms with Crippen molar-refractivity contribution in [2.75, 3.05) is 11.4 Å². The number of benzene rings is 2. The molecule has 2 heterocycles. The second kappa shape index (κ2) is 8.17. The monoisotopic (exact) mass is 375 g/mol. The van der Waals surface area contributed by atoms with Crippen LogP contribution in [0.3, 0.4) is 0 Å². The summed E-state index contributed by atoms with van der Waals surface area (Å²) in [7, 11) is 0. The maximum Gasteiger partial charge on any atom is 0.227 e. The molecule has 1 aliphatic heterocycles. The van der Waals surface area contributed by atoms with Gasteiger partial charge in [-0.05, 0) is 42.7 Å². The first-order chi connectivity index (χ1) is 13.7. The number of carbonyl (C=O) groups excluding carboxylic acids is 1. The van der Waals surface area contributed by atoms with Gasteiger partial charge in [-0.3, -0.25) is 4.79 Å². The molecule has 1 amide bonds. The lowest BCUT2D eigenvalue weighted by Gasteiger charge is -2.18. The van der Waals surface area contributed by atoms with Crippen LogP contribution < -0.4 is 4.90 Å². The van der Waals surface area contributed by atoms with E-state index in [0.29, 0.717) is 13.0 Å². The van der Waals surface area contributed by atoms with Crippen LogP contribution in [0, 0.1) is 0 Å². The van der Waals surface area contributed by atoms with Crippen molar-refractivity contribution in [2.24, 2.45) is 0 Å². The first kappa shape index (κ1) is 18.7. The second-order valence-corrected chi connectivity index (χ2v) is 7.74. The minimum Gasteiger partial charge on any atom is -0.328 e. The largest absolute Gasteiger partial charge is 0.328 e. The van der Waals surface area contributed by atoms with E-state index in [1.54, 1.807) is 0 Å². The lowest BCUT2D eigenvalue weighted by Crippen LogP contribution is -2.24. The highest BCUT2D eigenvalue weighted by atomic mass is 16.2. The summed E-state index contributed by atoms with van der Waals surface area (Å²) in [6.07, 6.45) is 5.11. The lowest BCUT2D eigenvalue weighted by molar-refractivity contribution is -0.117. The van der Waals surface area contributed by atoms with Crippen LogP contribution in [-0.4, -0.2) is 22.0 Å². The number of hydrogen-bond acceptors (Lipinski definition) is 2. The molecular weight excluding hydrogens is 346 g/mol. The van der Waals surface area contributed by atoms with Crippen LogP contribution >= 0.6 is 0 Å². The molecule has 1 atom stereocenters. The summed E-state index contributed by atoms with van der Waals surface area (Å²) < 4.78 is 2.35. The molecule has 2 aromatic carbocycles. The number of anilines is 1. The first-order valence-corrected chi connectivity index (χ1v) is 10.6. The summed E-state index contributed by atoms with van der Waals surface area (Å²) in [5.74, 6) is 1.41. The lowest BCUT2D eigenvalue weighted by atomic mass is 10.1. The highest BCUT2D eigenvalue weighted by Crippen LogP contribution is 2.33. The third-order valence-electron chi connectivity index (χ3n) is 5.82. The zero-order valence-electron chi connectivity index (χ0n) is 16.9. The highest BCUT2D eigenvalue weighted by Gasteiger charge is 2.34. The zero-order chi connectivity index (χ0) is 19.5. The fourth-order valence-corrected chi connectivity index (χ4v) is 4.20.